The number of ketones is 2. The molecule has 1 aliphatic heterocycles. The van der Waals surface area contributed by atoms with E-state index >= 15 is 0 Å². The molecule has 0 bridgehead atoms. The summed E-state index contributed by atoms with van der Waals surface area (Å²) in [6.45, 7) is 2.83. The van der Waals surface area contributed by atoms with Gasteiger partial charge >= 0.3 is 0 Å². The van der Waals surface area contributed by atoms with Gasteiger partial charge in [0.15, 0.2) is 17.3 Å². The van der Waals surface area contributed by atoms with Crippen LogP contribution < -0.4 is 0 Å². The molecule has 0 radical (unpaired) electrons. The van der Waals surface area contributed by atoms with Crippen LogP contribution in [-0.4, -0.2) is 24.8 Å². The maximum absolute atomic E-state index is 12.6. The summed E-state index contributed by atoms with van der Waals surface area (Å²) in [7, 11) is 0. The molecule has 0 N–H and O–H groups in total. The van der Waals surface area contributed by atoms with Crippen molar-refractivity contribution in [3.05, 3.63) is 58.5 Å². The summed E-state index contributed by atoms with van der Waals surface area (Å²) in [4.78, 5) is 25.1. The highest BCUT2D eigenvalue weighted by atomic mass is 16.7. The highest BCUT2D eigenvalue weighted by molar-refractivity contribution is 6.27. The summed E-state index contributed by atoms with van der Waals surface area (Å²) in [5, 5.41) is 0. The van der Waals surface area contributed by atoms with E-state index in [1.54, 1.807) is 37.3 Å². The average Bonchev–Trinajstić information content (AvgIpc) is 3.00. The Hall–Kier alpha value is -2.24. The molecule has 1 aromatic heterocycles. The molecule has 2 aromatic rings. The molecule has 5 nitrogen and oxygen atoms in total. The van der Waals surface area contributed by atoms with Crippen LogP contribution in [0, 0.1) is 0 Å². The second kappa shape index (κ2) is 4.63. The van der Waals surface area contributed by atoms with Gasteiger partial charge in [0.1, 0.15) is 0 Å². The Labute approximate surface area is 126 Å². The van der Waals surface area contributed by atoms with Gasteiger partial charge in [-0.25, -0.2) is 0 Å². The largest absolute Gasteiger partial charge is 0.451 e. The maximum atomic E-state index is 12.6. The van der Waals surface area contributed by atoms with Crippen LogP contribution >= 0.6 is 0 Å². The van der Waals surface area contributed by atoms with Gasteiger partial charge in [0.25, 0.3) is 0 Å². The summed E-state index contributed by atoms with van der Waals surface area (Å²) in [5.41, 5.74) is 1.05. The second-order valence-corrected chi connectivity index (χ2v) is 5.55. The molecular formula is C17H14O5. The Bertz CT molecular complexity index is 728. The lowest BCUT2D eigenvalue weighted by atomic mass is 9.88. The van der Waals surface area contributed by atoms with Crippen molar-refractivity contribution >= 4 is 11.6 Å². The van der Waals surface area contributed by atoms with Crippen LogP contribution in [-0.2, 0) is 15.3 Å². The van der Waals surface area contributed by atoms with E-state index in [4.69, 9.17) is 13.9 Å². The fourth-order valence-electron chi connectivity index (χ4n) is 2.88. The number of carbonyl (C=O) groups excluding carboxylic acids is 2. The van der Waals surface area contributed by atoms with Gasteiger partial charge in [-0.3, -0.25) is 9.59 Å². The number of benzene rings is 1. The molecule has 0 unspecified atom stereocenters. The topological polar surface area (TPSA) is 65.7 Å². The van der Waals surface area contributed by atoms with Gasteiger partial charge in [0, 0.05) is 11.1 Å². The fourth-order valence-corrected chi connectivity index (χ4v) is 2.88. The maximum Gasteiger partial charge on any atom is 0.229 e. The smallest absolute Gasteiger partial charge is 0.229 e. The first-order valence-corrected chi connectivity index (χ1v) is 7.21. The Morgan fingerprint density at radius 3 is 2.27 bits per heavy atom. The Morgan fingerprint density at radius 1 is 0.955 bits per heavy atom. The summed E-state index contributed by atoms with van der Waals surface area (Å²) in [6.07, 6.45) is 0.805. The van der Waals surface area contributed by atoms with Crippen molar-refractivity contribution in [1.82, 2.24) is 0 Å². The van der Waals surface area contributed by atoms with Gasteiger partial charge in [-0.1, -0.05) is 24.3 Å². The molecule has 22 heavy (non-hydrogen) atoms. The van der Waals surface area contributed by atoms with Gasteiger partial charge in [0.2, 0.25) is 11.6 Å². The van der Waals surface area contributed by atoms with Crippen molar-refractivity contribution < 1.29 is 23.5 Å². The minimum atomic E-state index is -1.05. The Balaban J connectivity index is 1.83. The lowest BCUT2D eigenvalue weighted by molar-refractivity contribution is -0.273. The van der Waals surface area contributed by atoms with Crippen LogP contribution in [0.15, 0.2) is 34.7 Å². The second-order valence-electron chi connectivity index (χ2n) is 5.55. The SMILES string of the molecule is CC1(c2cc3c(o2)C(=O)c2ccccc2C3=O)OCCCO1. The lowest BCUT2D eigenvalue weighted by Crippen LogP contribution is -2.34. The first-order chi connectivity index (χ1) is 10.6. The van der Waals surface area contributed by atoms with Crippen LogP contribution in [0.3, 0.4) is 0 Å². The van der Waals surface area contributed by atoms with E-state index in [0.29, 0.717) is 30.1 Å². The first-order valence-electron chi connectivity index (χ1n) is 7.21. The third kappa shape index (κ3) is 1.79. The quantitative estimate of drug-likeness (QED) is 0.691. The van der Waals surface area contributed by atoms with Crippen LogP contribution in [0.4, 0.5) is 0 Å². The van der Waals surface area contributed by atoms with E-state index in [2.05, 4.69) is 0 Å². The standard InChI is InChI=1S/C17H14O5/c1-17(20-7-4-8-21-17)13-9-12-14(18)10-5-2-3-6-11(10)15(19)16(12)22-13/h2-3,5-6,9H,4,7-8H2,1H3. The first kappa shape index (κ1) is 13.4. The number of carbonyl (C=O) groups is 2. The predicted molar refractivity (Wildman–Crippen MR) is 75.9 cm³/mol. The Morgan fingerprint density at radius 2 is 1.59 bits per heavy atom. The number of hydrogen-bond donors (Lipinski definition) is 0. The number of hydrogen-bond acceptors (Lipinski definition) is 5. The number of fused-ring (bicyclic) bond motifs is 2. The van der Waals surface area contributed by atoms with Crippen LogP contribution in [0.25, 0.3) is 0 Å². The summed E-state index contributed by atoms with van der Waals surface area (Å²) < 4.78 is 16.9. The minimum Gasteiger partial charge on any atom is -0.451 e. The Kier molecular flexibility index (Phi) is 2.82. The van der Waals surface area contributed by atoms with Crippen molar-refractivity contribution in [2.75, 3.05) is 13.2 Å². The summed E-state index contributed by atoms with van der Waals surface area (Å²) >= 11 is 0. The van der Waals surface area contributed by atoms with Gasteiger partial charge in [-0.2, -0.15) is 0 Å². The molecule has 1 fully saturated rings. The number of furan rings is 1. The summed E-state index contributed by atoms with van der Waals surface area (Å²) in [5.74, 6) is -1.12. The fraction of sp³-hybridized carbons (Fsp3) is 0.294. The monoisotopic (exact) mass is 298 g/mol. The van der Waals surface area contributed by atoms with Crippen molar-refractivity contribution in [2.24, 2.45) is 0 Å². The molecule has 1 aromatic carbocycles. The highest BCUT2D eigenvalue weighted by Crippen LogP contribution is 2.36. The number of rotatable bonds is 1. The predicted octanol–water partition coefficient (Wildman–Crippen LogP) is 2.66. The average molecular weight is 298 g/mol. The third-order valence-corrected chi connectivity index (χ3v) is 4.09. The van der Waals surface area contributed by atoms with E-state index in [-0.39, 0.29) is 22.9 Å². The number of ether oxygens (including phenoxy) is 2. The molecule has 0 amide bonds. The van der Waals surface area contributed by atoms with Crippen LogP contribution in [0.5, 0.6) is 0 Å². The molecular weight excluding hydrogens is 284 g/mol. The zero-order valence-corrected chi connectivity index (χ0v) is 12.0. The van der Waals surface area contributed by atoms with Crippen molar-refractivity contribution in [3.63, 3.8) is 0 Å². The van der Waals surface area contributed by atoms with Crippen molar-refractivity contribution in [3.8, 4) is 0 Å². The molecule has 2 heterocycles. The molecule has 4 rings (SSSR count). The molecule has 1 saturated heterocycles. The lowest BCUT2D eigenvalue weighted by Gasteiger charge is -2.31. The third-order valence-electron chi connectivity index (χ3n) is 4.09. The van der Waals surface area contributed by atoms with E-state index in [1.807, 2.05) is 0 Å². The van der Waals surface area contributed by atoms with E-state index < -0.39 is 5.79 Å². The van der Waals surface area contributed by atoms with Gasteiger partial charge in [-0.15, -0.1) is 0 Å². The van der Waals surface area contributed by atoms with Crippen LogP contribution in [0.2, 0.25) is 0 Å². The molecule has 0 atom stereocenters. The molecule has 112 valence electrons. The van der Waals surface area contributed by atoms with Crippen LogP contribution in [0.1, 0.15) is 51.1 Å². The molecule has 2 aliphatic rings. The zero-order valence-electron chi connectivity index (χ0n) is 12.0. The molecule has 0 spiro atoms. The van der Waals surface area contributed by atoms with E-state index in [0.717, 1.165) is 6.42 Å². The van der Waals surface area contributed by atoms with E-state index in [1.165, 1.54) is 0 Å². The van der Waals surface area contributed by atoms with Gasteiger partial charge < -0.3 is 13.9 Å². The van der Waals surface area contributed by atoms with Gasteiger partial charge in [-0.05, 0) is 19.4 Å². The van der Waals surface area contributed by atoms with Gasteiger partial charge in [0.05, 0.1) is 18.8 Å². The highest BCUT2D eigenvalue weighted by Gasteiger charge is 2.40. The van der Waals surface area contributed by atoms with Crippen molar-refractivity contribution in [1.29, 1.82) is 0 Å². The summed E-state index contributed by atoms with van der Waals surface area (Å²) in [6, 6.07) is 8.32. The minimum absolute atomic E-state index is 0.0673. The van der Waals surface area contributed by atoms with E-state index in [9.17, 15) is 9.59 Å². The molecule has 0 saturated carbocycles. The zero-order chi connectivity index (χ0) is 15.3. The normalized spacial score (nSPS) is 19.7. The molecule has 5 heteroatoms. The van der Waals surface area contributed by atoms with Crippen molar-refractivity contribution in [2.45, 2.75) is 19.1 Å². The molecule has 1 aliphatic carbocycles.